The number of oxazole rings is 1. The fourth-order valence-electron chi connectivity index (χ4n) is 3.40. The largest absolute Gasteiger partial charge is 0.470 e. The summed E-state index contributed by atoms with van der Waals surface area (Å²) in [5, 5.41) is 13.4. The van der Waals surface area contributed by atoms with Crippen molar-refractivity contribution in [3.8, 4) is 0 Å². The molecule has 0 atom stereocenters. The number of aromatic nitrogens is 6. The third kappa shape index (κ3) is 34.1. The third-order valence-corrected chi connectivity index (χ3v) is 10.6. The first-order valence-electron chi connectivity index (χ1n) is 18.4. The molecule has 8 aromatic rings. The third-order valence-electron chi connectivity index (χ3n) is 6.27. The van der Waals surface area contributed by atoms with Crippen LogP contribution in [0.2, 0.25) is 0 Å². The summed E-state index contributed by atoms with van der Waals surface area (Å²) in [4.78, 5) is 34.1. The van der Waals surface area contributed by atoms with Crippen molar-refractivity contribution in [1.29, 1.82) is 0 Å². The highest BCUT2D eigenvalue weighted by atomic mass is 32.1. The number of nitrogens with zero attached hydrogens (tertiary/aromatic N) is 8. The quantitative estimate of drug-likeness (QED) is 0.147. The zero-order valence-electron chi connectivity index (χ0n) is 36.0. The Kier molecular flexibility index (Phi) is 31.9. The molecule has 0 radical (unpaired) electrons. The summed E-state index contributed by atoms with van der Waals surface area (Å²) in [6.45, 7) is 21.6. The van der Waals surface area contributed by atoms with Crippen LogP contribution in [0.4, 0.5) is 0 Å². The Balaban J connectivity index is 0.000000333. The molecule has 0 fully saturated rings. The van der Waals surface area contributed by atoms with Crippen molar-refractivity contribution in [3.05, 3.63) is 172 Å². The van der Waals surface area contributed by atoms with Crippen molar-refractivity contribution >= 4 is 79.4 Å². The molecule has 2 aliphatic rings. The first kappa shape index (κ1) is 53.2. The second kappa shape index (κ2) is 36.0. The van der Waals surface area contributed by atoms with Crippen LogP contribution in [0.3, 0.4) is 0 Å². The first-order valence-corrected chi connectivity index (χ1v) is 23.8. The average molecular weight is 921 g/mol. The van der Waals surface area contributed by atoms with Gasteiger partial charge in [-0.1, -0.05) is 18.2 Å². The van der Waals surface area contributed by atoms with Crippen LogP contribution in [0.15, 0.2) is 149 Å². The lowest BCUT2D eigenvalue weighted by Crippen LogP contribution is -1.73. The van der Waals surface area contributed by atoms with Crippen LogP contribution in [0, 0.1) is 55.4 Å². The van der Waals surface area contributed by atoms with Gasteiger partial charge in [0, 0.05) is 80.1 Å². The topological polar surface area (TPSA) is 128 Å². The van der Waals surface area contributed by atoms with E-state index in [0.717, 1.165) is 56.9 Å². The molecule has 2 aliphatic heterocycles. The number of allylic oxidation sites excluding steroid dienone is 2. The van der Waals surface area contributed by atoms with Gasteiger partial charge < -0.3 is 8.83 Å². The fourth-order valence-corrected chi connectivity index (χ4v) is 6.20. The van der Waals surface area contributed by atoms with E-state index in [9.17, 15) is 0 Å². The Morgan fingerprint density at radius 3 is 1.22 bits per heavy atom. The van der Waals surface area contributed by atoms with E-state index in [1.54, 1.807) is 112 Å². The monoisotopic (exact) mass is 920 g/mol. The number of hydrogen-bond donors (Lipinski definition) is 0. The summed E-state index contributed by atoms with van der Waals surface area (Å²) in [5.74, 6) is 1.69. The Labute approximate surface area is 380 Å². The Hall–Kier alpha value is -4.84. The van der Waals surface area contributed by atoms with Gasteiger partial charge in [-0.25, -0.2) is 4.98 Å². The second-order valence-corrected chi connectivity index (χ2v) is 17.9. The van der Waals surface area contributed by atoms with Gasteiger partial charge in [-0.15, -0.1) is 68.0 Å². The predicted molar refractivity (Wildman–Crippen MR) is 262 cm³/mol. The standard InChI is InChI=1S/2C5H7N.C5H6O.C5H6S.C4H5NO.5C4H5NS/c4*1-5-3-2-4-6-5;1-4-5-2-3-6-4;1-4-2-6-3-5-4;1-4-2-5-3-6-4;3*1-4-5-2-3-6-4/h2*2-3H,4H2,1H3;2*2-4H,1H3;6*2-3H,1H3. The van der Waals surface area contributed by atoms with E-state index in [4.69, 9.17) is 8.83 Å². The maximum Gasteiger partial charge on any atom is 0.190 e. The summed E-state index contributed by atoms with van der Waals surface area (Å²) in [5.41, 5.74) is 7.06. The zero-order valence-corrected chi connectivity index (χ0v) is 40.9. The van der Waals surface area contributed by atoms with Gasteiger partial charge in [0.05, 0.1) is 51.6 Å². The lowest BCUT2D eigenvalue weighted by atomic mass is 10.4. The SMILES string of the molecule is CC1=NCC=C1.CC1=NCC=C1.Cc1ccco1.Cc1cccs1.Cc1cncs1.Cc1cscn1.Cc1ncco1.Cc1nccs1.Cc1nccs1.Cc1nccs1. The van der Waals surface area contributed by atoms with E-state index < -0.39 is 0 Å². The van der Waals surface area contributed by atoms with Gasteiger partial charge in [0.15, 0.2) is 5.89 Å². The average Bonchev–Trinajstić information content (AvgIpc) is 4.06. The molecule has 0 N–H and O–H groups in total. The van der Waals surface area contributed by atoms with Crippen LogP contribution in [-0.2, 0) is 0 Å². The molecule has 0 aliphatic carbocycles. The van der Waals surface area contributed by atoms with E-state index in [0.29, 0.717) is 0 Å². The number of furan rings is 1. The van der Waals surface area contributed by atoms with Crippen molar-refractivity contribution in [2.45, 2.75) is 69.2 Å². The summed E-state index contributed by atoms with van der Waals surface area (Å²) in [6, 6.07) is 7.94. The molecule has 0 spiro atoms. The summed E-state index contributed by atoms with van der Waals surface area (Å²) < 4.78 is 9.56. The number of aryl methyl sites for hydroxylation is 8. The lowest BCUT2D eigenvalue weighted by molar-refractivity contribution is 0.521. The highest BCUT2D eigenvalue weighted by Crippen LogP contribution is 2.04. The van der Waals surface area contributed by atoms with Crippen molar-refractivity contribution in [3.63, 3.8) is 0 Å². The minimum atomic E-state index is 0.718. The summed E-state index contributed by atoms with van der Waals surface area (Å²) in [7, 11) is 0. The smallest absolute Gasteiger partial charge is 0.190 e. The maximum atomic E-state index is 4.83. The van der Waals surface area contributed by atoms with E-state index >= 15 is 0 Å². The molecule has 16 heteroatoms. The number of thiazole rings is 5. The lowest BCUT2D eigenvalue weighted by Gasteiger charge is -1.72. The van der Waals surface area contributed by atoms with Crippen molar-refractivity contribution in [2.24, 2.45) is 9.98 Å². The minimum Gasteiger partial charge on any atom is -0.470 e. The summed E-state index contributed by atoms with van der Waals surface area (Å²) >= 11 is 10.1. The Morgan fingerprint density at radius 1 is 0.517 bits per heavy atom. The van der Waals surface area contributed by atoms with Gasteiger partial charge in [-0.3, -0.25) is 34.9 Å². The second-order valence-electron chi connectivity index (χ2n) is 11.7. The Bertz CT molecular complexity index is 1720. The first-order chi connectivity index (χ1) is 28.9. The molecule has 0 saturated heterocycles. The fraction of sp³-hybridized carbons (Fsp3) is 0.273. The molecule has 0 aromatic carbocycles. The molecule has 8 aromatic heterocycles. The molecule has 0 saturated carbocycles. The Morgan fingerprint density at radius 2 is 1.10 bits per heavy atom. The van der Waals surface area contributed by atoms with Gasteiger partial charge in [0.1, 0.15) is 12.0 Å². The minimum absolute atomic E-state index is 0.718. The van der Waals surface area contributed by atoms with Crippen LogP contribution >= 0.6 is 68.0 Å². The molecule has 0 unspecified atom stereocenters. The van der Waals surface area contributed by atoms with Gasteiger partial charge in [-0.2, -0.15) is 0 Å². The number of hydrogen-bond acceptors (Lipinski definition) is 16. The molecule has 60 heavy (non-hydrogen) atoms. The van der Waals surface area contributed by atoms with E-state index in [-0.39, 0.29) is 0 Å². The van der Waals surface area contributed by atoms with Crippen LogP contribution in [0.25, 0.3) is 0 Å². The van der Waals surface area contributed by atoms with Crippen LogP contribution in [0.1, 0.15) is 56.0 Å². The van der Waals surface area contributed by atoms with Crippen LogP contribution in [0.5, 0.6) is 0 Å². The molecular weight excluding hydrogens is 865 g/mol. The number of aliphatic imine (C=N–C) groups is 2. The van der Waals surface area contributed by atoms with Crippen molar-refractivity contribution < 1.29 is 8.83 Å². The highest BCUT2D eigenvalue weighted by Gasteiger charge is 1.87. The van der Waals surface area contributed by atoms with Gasteiger partial charge >= 0.3 is 0 Å². The van der Waals surface area contributed by atoms with Gasteiger partial charge in [0.25, 0.3) is 0 Å². The van der Waals surface area contributed by atoms with Crippen LogP contribution in [-0.4, -0.2) is 54.4 Å². The maximum absolute atomic E-state index is 4.83. The molecule has 10 nitrogen and oxygen atoms in total. The van der Waals surface area contributed by atoms with Gasteiger partial charge in [-0.05, 0) is 98.0 Å². The van der Waals surface area contributed by atoms with Crippen molar-refractivity contribution in [1.82, 2.24) is 29.9 Å². The van der Waals surface area contributed by atoms with E-state index in [1.807, 2.05) is 118 Å². The highest BCUT2D eigenvalue weighted by molar-refractivity contribution is 7.10. The van der Waals surface area contributed by atoms with Crippen molar-refractivity contribution in [2.75, 3.05) is 13.1 Å². The number of rotatable bonds is 0. The van der Waals surface area contributed by atoms with E-state index in [1.165, 1.54) is 9.75 Å². The summed E-state index contributed by atoms with van der Waals surface area (Å²) in [6.07, 6.45) is 20.3. The van der Waals surface area contributed by atoms with Crippen LogP contribution < -0.4 is 0 Å². The predicted octanol–water partition coefficient (Wildman–Crippen LogP) is 13.9. The number of thiophene rings is 1. The molecule has 10 rings (SSSR count). The zero-order chi connectivity index (χ0) is 44.1. The molecule has 0 bridgehead atoms. The van der Waals surface area contributed by atoms with E-state index in [2.05, 4.69) is 76.5 Å². The van der Waals surface area contributed by atoms with Gasteiger partial charge in [0.2, 0.25) is 0 Å². The molecular formula is C44H56N8O2S6. The molecule has 10 heterocycles. The molecule has 320 valence electrons. The molecule has 0 amide bonds. The normalized spacial score (nSPS) is 10.8.